The zero-order valence-electron chi connectivity index (χ0n) is 12.1. The number of carbonyl (C=O) groups is 1. The Morgan fingerprint density at radius 1 is 1.33 bits per heavy atom. The van der Waals surface area contributed by atoms with E-state index < -0.39 is 6.61 Å². The number of benzene rings is 1. The van der Waals surface area contributed by atoms with Gasteiger partial charge in [0.05, 0.1) is 0 Å². The van der Waals surface area contributed by atoms with Crippen LogP contribution in [0.1, 0.15) is 12.0 Å². The maximum Gasteiger partial charge on any atom is 0.387 e. The first kappa shape index (κ1) is 19.6. The summed E-state index contributed by atoms with van der Waals surface area (Å²) in [5, 5.41) is 2.98. The van der Waals surface area contributed by atoms with Crippen LogP contribution >= 0.6 is 12.4 Å². The minimum Gasteiger partial charge on any atom is -0.435 e. The molecule has 7 heteroatoms. The minimum absolute atomic E-state index is 0. The number of carbonyl (C=O) groups excluding carboxylic acids is 1. The van der Waals surface area contributed by atoms with Crippen molar-refractivity contribution in [1.82, 2.24) is 10.2 Å². The number of aryl methyl sites for hydroxylation is 1. The van der Waals surface area contributed by atoms with Gasteiger partial charge >= 0.3 is 6.61 Å². The van der Waals surface area contributed by atoms with E-state index in [0.29, 0.717) is 19.4 Å². The van der Waals surface area contributed by atoms with Crippen LogP contribution in [0.25, 0.3) is 0 Å². The van der Waals surface area contributed by atoms with Gasteiger partial charge in [-0.3, -0.25) is 4.79 Å². The van der Waals surface area contributed by atoms with Gasteiger partial charge in [-0.25, -0.2) is 0 Å². The molecule has 0 aliphatic rings. The molecule has 0 aliphatic carbocycles. The Kier molecular flexibility index (Phi) is 9.65. The molecule has 0 aliphatic heterocycles. The van der Waals surface area contributed by atoms with Gasteiger partial charge in [0.1, 0.15) is 5.75 Å². The molecule has 21 heavy (non-hydrogen) atoms. The molecule has 0 atom stereocenters. The third kappa shape index (κ3) is 7.82. The number of hydrogen-bond acceptors (Lipinski definition) is 3. The van der Waals surface area contributed by atoms with Crippen molar-refractivity contribution in [2.75, 3.05) is 27.2 Å². The molecule has 0 fully saturated rings. The van der Waals surface area contributed by atoms with Crippen molar-refractivity contribution >= 4 is 18.3 Å². The van der Waals surface area contributed by atoms with Gasteiger partial charge in [0.25, 0.3) is 0 Å². The van der Waals surface area contributed by atoms with E-state index in [0.717, 1.165) is 12.1 Å². The summed E-state index contributed by atoms with van der Waals surface area (Å²) in [6, 6.07) is 6.35. The van der Waals surface area contributed by atoms with E-state index in [1.54, 1.807) is 24.1 Å². The highest BCUT2D eigenvalue weighted by molar-refractivity contribution is 5.85. The summed E-state index contributed by atoms with van der Waals surface area (Å²) in [6.45, 7) is -1.40. The van der Waals surface area contributed by atoms with Gasteiger partial charge in [-0.1, -0.05) is 12.1 Å². The summed E-state index contributed by atoms with van der Waals surface area (Å²) < 4.78 is 28.2. The van der Waals surface area contributed by atoms with E-state index in [1.807, 2.05) is 7.05 Å². The van der Waals surface area contributed by atoms with E-state index in [9.17, 15) is 13.6 Å². The van der Waals surface area contributed by atoms with Crippen LogP contribution in [0.2, 0.25) is 0 Å². The van der Waals surface area contributed by atoms with Gasteiger partial charge in [0.2, 0.25) is 5.91 Å². The first-order valence-electron chi connectivity index (χ1n) is 6.45. The molecular weight excluding hydrogens is 302 g/mol. The Bertz CT molecular complexity index is 416. The number of likely N-dealkylation sites (N-methyl/N-ethyl adjacent to an activating group) is 2. The molecule has 1 amide bonds. The smallest absolute Gasteiger partial charge is 0.387 e. The van der Waals surface area contributed by atoms with Gasteiger partial charge in [0, 0.05) is 26.6 Å². The summed E-state index contributed by atoms with van der Waals surface area (Å²) in [4.78, 5) is 13.5. The Balaban J connectivity index is 0.00000400. The number of halogens is 3. The molecule has 0 bridgehead atoms. The highest BCUT2D eigenvalue weighted by Gasteiger charge is 2.08. The minimum atomic E-state index is -2.82. The number of hydrogen-bond donors (Lipinski definition) is 1. The lowest BCUT2D eigenvalue weighted by molar-refractivity contribution is -0.129. The number of ether oxygens (including phenoxy) is 1. The van der Waals surface area contributed by atoms with Gasteiger partial charge in [-0.05, 0) is 31.2 Å². The zero-order chi connectivity index (χ0) is 15.0. The van der Waals surface area contributed by atoms with Crippen molar-refractivity contribution < 1.29 is 18.3 Å². The molecule has 1 aromatic carbocycles. The molecule has 120 valence electrons. The molecule has 0 unspecified atom stereocenters. The summed E-state index contributed by atoms with van der Waals surface area (Å²) in [5.41, 5.74) is 0.919. The maximum atomic E-state index is 12.0. The van der Waals surface area contributed by atoms with E-state index in [2.05, 4.69) is 10.1 Å². The summed E-state index contributed by atoms with van der Waals surface area (Å²) in [5.74, 6) is 0.189. The summed E-state index contributed by atoms with van der Waals surface area (Å²) in [6.07, 6.45) is 0.979. The Labute approximate surface area is 129 Å². The lowest BCUT2D eigenvalue weighted by Crippen LogP contribution is -2.32. The number of nitrogens with one attached hydrogen (secondary N) is 1. The predicted molar refractivity (Wildman–Crippen MR) is 80.2 cm³/mol. The van der Waals surface area contributed by atoms with Crippen molar-refractivity contribution in [1.29, 1.82) is 0 Å². The van der Waals surface area contributed by atoms with Crippen LogP contribution in [0.4, 0.5) is 8.78 Å². The monoisotopic (exact) mass is 322 g/mol. The van der Waals surface area contributed by atoms with Crippen molar-refractivity contribution in [2.24, 2.45) is 0 Å². The highest BCUT2D eigenvalue weighted by Crippen LogP contribution is 2.15. The average Bonchev–Trinajstić information content (AvgIpc) is 2.43. The second-order valence-electron chi connectivity index (χ2n) is 4.44. The van der Waals surface area contributed by atoms with Gasteiger partial charge in [-0.2, -0.15) is 8.78 Å². The molecular formula is C14H21ClF2N2O2. The van der Waals surface area contributed by atoms with E-state index in [-0.39, 0.29) is 24.1 Å². The molecule has 0 heterocycles. The summed E-state index contributed by atoms with van der Waals surface area (Å²) >= 11 is 0. The normalized spacial score (nSPS) is 10.1. The molecule has 1 rings (SSSR count). The van der Waals surface area contributed by atoms with Crippen LogP contribution in [0.3, 0.4) is 0 Å². The molecule has 0 aromatic heterocycles. The van der Waals surface area contributed by atoms with Gasteiger partial charge in [0.15, 0.2) is 0 Å². The van der Waals surface area contributed by atoms with Crippen LogP contribution in [0, 0.1) is 0 Å². The van der Waals surface area contributed by atoms with Crippen LogP contribution in [-0.4, -0.2) is 44.6 Å². The van der Waals surface area contributed by atoms with Crippen molar-refractivity contribution in [3.63, 3.8) is 0 Å². The average molecular weight is 323 g/mol. The molecule has 0 saturated carbocycles. The molecule has 1 aromatic rings. The third-order valence-corrected chi connectivity index (χ3v) is 2.90. The molecule has 0 spiro atoms. The highest BCUT2D eigenvalue weighted by atomic mass is 35.5. The van der Waals surface area contributed by atoms with Crippen LogP contribution in [0.15, 0.2) is 24.3 Å². The largest absolute Gasteiger partial charge is 0.435 e. The van der Waals surface area contributed by atoms with Crippen LogP contribution < -0.4 is 10.1 Å². The van der Waals surface area contributed by atoms with Crippen LogP contribution in [0.5, 0.6) is 5.75 Å². The van der Waals surface area contributed by atoms with Crippen molar-refractivity contribution in [3.05, 3.63) is 29.8 Å². The second kappa shape index (κ2) is 10.3. The van der Waals surface area contributed by atoms with E-state index >= 15 is 0 Å². The Morgan fingerprint density at radius 2 is 1.95 bits per heavy atom. The fourth-order valence-electron chi connectivity index (χ4n) is 1.68. The standard InChI is InChI=1S/C14H20F2N2O2.ClH/c1-17-9-10-18(2)13(19)8-5-11-3-6-12(7-4-11)20-14(15)16;/h3-4,6-7,14,17H,5,8-10H2,1-2H3;1H. The lowest BCUT2D eigenvalue weighted by Gasteiger charge is -2.16. The fraction of sp³-hybridized carbons (Fsp3) is 0.500. The number of nitrogens with zero attached hydrogens (tertiary/aromatic N) is 1. The SMILES string of the molecule is CNCCN(C)C(=O)CCc1ccc(OC(F)F)cc1.Cl. The zero-order valence-corrected chi connectivity index (χ0v) is 13.0. The Hall–Kier alpha value is -1.40. The maximum absolute atomic E-state index is 12.0. The topological polar surface area (TPSA) is 41.6 Å². The fourth-order valence-corrected chi connectivity index (χ4v) is 1.68. The third-order valence-electron chi connectivity index (χ3n) is 2.90. The molecule has 1 N–H and O–H groups in total. The number of amides is 1. The molecule has 4 nitrogen and oxygen atoms in total. The number of alkyl halides is 2. The number of rotatable bonds is 8. The second-order valence-corrected chi connectivity index (χ2v) is 4.44. The Morgan fingerprint density at radius 3 is 2.48 bits per heavy atom. The summed E-state index contributed by atoms with van der Waals surface area (Å²) in [7, 11) is 3.60. The van der Waals surface area contributed by atoms with E-state index in [1.165, 1.54) is 12.1 Å². The van der Waals surface area contributed by atoms with Crippen LogP contribution in [-0.2, 0) is 11.2 Å². The van der Waals surface area contributed by atoms with Gasteiger partial charge in [-0.15, -0.1) is 12.4 Å². The first-order valence-corrected chi connectivity index (χ1v) is 6.45. The van der Waals surface area contributed by atoms with E-state index in [4.69, 9.17) is 0 Å². The lowest BCUT2D eigenvalue weighted by atomic mass is 10.1. The predicted octanol–water partition coefficient (Wildman–Crippen LogP) is 2.32. The van der Waals surface area contributed by atoms with Crippen molar-refractivity contribution in [2.45, 2.75) is 19.5 Å². The van der Waals surface area contributed by atoms with Crippen molar-refractivity contribution in [3.8, 4) is 5.75 Å². The first-order chi connectivity index (χ1) is 9.52. The van der Waals surface area contributed by atoms with Gasteiger partial charge < -0.3 is 15.0 Å². The molecule has 0 saturated heterocycles. The quantitative estimate of drug-likeness (QED) is 0.798. The molecule has 0 radical (unpaired) electrons.